The van der Waals surface area contributed by atoms with Gasteiger partial charge in [0.05, 0.1) is 4.90 Å². The van der Waals surface area contributed by atoms with Crippen LogP contribution in [0.2, 0.25) is 0 Å². The summed E-state index contributed by atoms with van der Waals surface area (Å²) in [5, 5.41) is 10.3. The number of phenolic OH excluding ortho intramolecular Hbond substituents is 1. The third-order valence-electron chi connectivity index (χ3n) is 4.43. The first-order valence-corrected chi connectivity index (χ1v) is 10.9. The molecular weight excluding hydrogens is 364 g/mol. The summed E-state index contributed by atoms with van der Waals surface area (Å²) in [7, 11) is -4.40. The number of rotatable bonds is 11. The normalized spacial score (nSPS) is 11.5. The molecule has 2 N–H and O–H groups in total. The highest BCUT2D eigenvalue weighted by Crippen LogP contribution is 2.37. The SMILES string of the molecule is CCCCCCCCCc1cc(S(=O)(=O)O)cc(O)c1Oc1ccccc1. The third kappa shape index (κ3) is 6.88. The number of para-hydroxylation sites is 1. The summed E-state index contributed by atoms with van der Waals surface area (Å²) < 4.78 is 38.1. The quantitative estimate of drug-likeness (QED) is 0.377. The van der Waals surface area contributed by atoms with E-state index in [2.05, 4.69) is 6.92 Å². The number of unbranched alkanes of at least 4 members (excludes halogenated alkanes) is 6. The fourth-order valence-corrected chi connectivity index (χ4v) is 3.53. The maximum Gasteiger partial charge on any atom is 0.294 e. The maximum atomic E-state index is 11.5. The average Bonchev–Trinajstić information content (AvgIpc) is 2.63. The number of ether oxygens (including phenoxy) is 1. The van der Waals surface area contributed by atoms with Crippen molar-refractivity contribution in [1.29, 1.82) is 0 Å². The molecule has 0 heterocycles. The van der Waals surface area contributed by atoms with E-state index in [9.17, 15) is 18.1 Å². The fourth-order valence-electron chi connectivity index (χ4n) is 2.98. The van der Waals surface area contributed by atoms with E-state index in [0.717, 1.165) is 25.3 Å². The molecule has 0 aromatic heterocycles. The van der Waals surface area contributed by atoms with Gasteiger partial charge in [-0.05, 0) is 31.0 Å². The van der Waals surface area contributed by atoms with Crippen LogP contribution in [0.5, 0.6) is 17.2 Å². The van der Waals surface area contributed by atoms with E-state index in [0.29, 0.717) is 17.7 Å². The van der Waals surface area contributed by atoms with Crippen LogP contribution in [0, 0.1) is 0 Å². The van der Waals surface area contributed by atoms with Gasteiger partial charge < -0.3 is 9.84 Å². The van der Waals surface area contributed by atoms with E-state index in [4.69, 9.17) is 4.74 Å². The largest absolute Gasteiger partial charge is 0.504 e. The Balaban J connectivity index is 2.14. The first-order chi connectivity index (χ1) is 12.9. The third-order valence-corrected chi connectivity index (χ3v) is 5.26. The van der Waals surface area contributed by atoms with Crippen LogP contribution in [0.4, 0.5) is 0 Å². The Bertz CT molecular complexity index is 816. The molecule has 0 fully saturated rings. The molecule has 0 spiro atoms. The van der Waals surface area contributed by atoms with Crippen molar-refractivity contribution in [3.63, 3.8) is 0 Å². The van der Waals surface area contributed by atoms with Crippen LogP contribution in [0.15, 0.2) is 47.4 Å². The molecule has 6 heteroatoms. The Hall–Kier alpha value is -2.05. The highest BCUT2D eigenvalue weighted by Gasteiger charge is 2.18. The van der Waals surface area contributed by atoms with Gasteiger partial charge in [-0.2, -0.15) is 8.42 Å². The zero-order valence-electron chi connectivity index (χ0n) is 15.7. The number of benzene rings is 2. The summed E-state index contributed by atoms with van der Waals surface area (Å²) in [5.41, 5.74) is 0.569. The van der Waals surface area contributed by atoms with E-state index >= 15 is 0 Å². The second-order valence-electron chi connectivity index (χ2n) is 6.69. The first-order valence-electron chi connectivity index (χ1n) is 9.48. The molecular formula is C21H28O5S. The number of aromatic hydroxyl groups is 1. The first kappa shape index (κ1) is 21.3. The van der Waals surface area contributed by atoms with E-state index in [-0.39, 0.29) is 16.4 Å². The van der Waals surface area contributed by atoms with Crippen LogP contribution in [-0.2, 0) is 16.5 Å². The molecule has 27 heavy (non-hydrogen) atoms. The predicted molar refractivity (Wildman–Crippen MR) is 106 cm³/mol. The minimum atomic E-state index is -4.40. The van der Waals surface area contributed by atoms with Crippen molar-refractivity contribution in [2.45, 2.75) is 63.2 Å². The number of phenols is 1. The molecule has 0 atom stereocenters. The minimum Gasteiger partial charge on any atom is -0.504 e. The Morgan fingerprint density at radius 3 is 2.19 bits per heavy atom. The van der Waals surface area contributed by atoms with Crippen LogP contribution in [-0.4, -0.2) is 18.1 Å². The van der Waals surface area contributed by atoms with E-state index in [1.807, 2.05) is 18.2 Å². The van der Waals surface area contributed by atoms with Crippen LogP contribution in [0.1, 0.15) is 57.4 Å². The van der Waals surface area contributed by atoms with Gasteiger partial charge in [0.15, 0.2) is 11.5 Å². The Morgan fingerprint density at radius 2 is 1.56 bits per heavy atom. The van der Waals surface area contributed by atoms with Gasteiger partial charge in [0.1, 0.15) is 5.75 Å². The number of hydrogen-bond acceptors (Lipinski definition) is 4. The highest BCUT2D eigenvalue weighted by molar-refractivity contribution is 7.85. The van der Waals surface area contributed by atoms with Crippen LogP contribution < -0.4 is 4.74 Å². The molecule has 5 nitrogen and oxygen atoms in total. The smallest absolute Gasteiger partial charge is 0.294 e. The molecule has 0 bridgehead atoms. The Morgan fingerprint density at radius 1 is 0.926 bits per heavy atom. The summed E-state index contributed by atoms with van der Waals surface area (Å²) in [6, 6.07) is 11.4. The zero-order valence-corrected chi connectivity index (χ0v) is 16.5. The van der Waals surface area contributed by atoms with Crippen molar-refractivity contribution in [2.75, 3.05) is 0 Å². The van der Waals surface area contributed by atoms with Gasteiger partial charge in [0.25, 0.3) is 10.1 Å². The molecule has 0 unspecified atom stereocenters. The molecule has 0 radical (unpaired) electrons. The van der Waals surface area contributed by atoms with Crippen molar-refractivity contribution in [3.05, 3.63) is 48.0 Å². The van der Waals surface area contributed by atoms with Crippen molar-refractivity contribution >= 4 is 10.1 Å². The molecule has 2 aromatic rings. The zero-order chi connectivity index (χ0) is 19.7. The topological polar surface area (TPSA) is 83.8 Å². The van der Waals surface area contributed by atoms with Gasteiger partial charge in [-0.25, -0.2) is 0 Å². The fraction of sp³-hybridized carbons (Fsp3) is 0.429. The minimum absolute atomic E-state index is 0.236. The van der Waals surface area contributed by atoms with Crippen LogP contribution in [0.3, 0.4) is 0 Å². The molecule has 0 aliphatic carbocycles. The lowest BCUT2D eigenvalue weighted by Gasteiger charge is -2.14. The molecule has 148 valence electrons. The van der Waals surface area contributed by atoms with E-state index in [1.165, 1.54) is 31.7 Å². The van der Waals surface area contributed by atoms with Gasteiger partial charge in [0, 0.05) is 11.6 Å². The molecule has 0 aliphatic heterocycles. The highest BCUT2D eigenvalue weighted by atomic mass is 32.2. The Kier molecular flexibility index (Phi) is 8.13. The summed E-state index contributed by atoms with van der Waals surface area (Å²) in [6.45, 7) is 2.18. The van der Waals surface area contributed by atoms with E-state index in [1.54, 1.807) is 12.1 Å². The van der Waals surface area contributed by atoms with Crippen LogP contribution in [0.25, 0.3) is 0 Å². The molecule has 0 amide bonds. The molecule has 2 rings (SSSR count). The van der Waals surface area contributed by atoms with Crippen molar-refractivity contribution in [1.82, 2.24) is 0 Å². The number of aryl methyl sites for hydroxylation is 1. The summed E-state index contributed by atoms with van der Waals surface area (Å²) in [6.07, 6.45) is 8.44. The van der Waals surface area contributed by atoms with Crippen LogP contribution >= 0.6 is 0 Å². The molecule has 0 aliphatic rings. The summed E-state index contributed by atoms with van der Waals surface area (Å²) in [4.78, 5) is -0.321. The molecule has 2 aromatic carbocycles. The monoisotopic (exact) mass is 392 g/mol. The summed E-state index contributed by atoms with van der Waals surface area (Å²) >= 11 is 0. The second kappa shape index (κ2) is 10.3. The second-order valence-corrected chi connectivity index (χ2v) is 8.11. The predicted octanol–water partition coefficient (Wildman–Crippen LogP) is 5.72. The van der Waals surface area contributed by atoms with Gasteiger partial charge in [-0.15, -0.1) is 0 Å². The lowest BCUT2D eigenvalue weighted by Crippen LogP contribution is -2.01. The van der Waals surface area contributed by atoms with Gasteiger partial charge in [0.2, 0.25) is 0 Å². The van der Waals surface area contributed by atoms with Gasteiger partial charge in [-0.3, -0.25) is 4.55 Å². The van der Waals surface area contributed by atoms with Gasteiger partial charge >= 0.3 is 0 Å². The average molecular weight is 393 g/mol. The lowest BCUT2D eigenvalue weighted by molar-refractivity contribution is 0.404. The maximum absolute atomic E-state index is 11.5. The van der Waals surface area contributed by atoms with Crippen molar-refractivity contribution < 1.29 is 22.8 Å². The van der Waals surface area contributed by atoms with Gasteiger partial charge in [-0.1, -0.05) is 63.6 Å². The molecule has 0 saturated heterocycles. The lowest BCUT2D eigenvalue weighted by atomic mass is 10.0. The summed E-state index contributed by atoms with van der Waals surface area (Å²) in [5.74, 6) is 0.486. The van der Waals surface area contributed by atoms with Crippen molar-refractivity contribution in [2.24, 2.45) is 0 Å². The van der Waals surface area contributed by atoms with E-state index < -0.39 is 10.1 Å². The standard InChI is InChI=1S/C21H28O5S/c1-2-3-4-5-6-7-9-12-17-15-19(27(23,24)25)16-20(22)21(17)26-18-13-10-8-11-14-18/h8,10-11,13-16,22H,2-7,9,12H2,1H3,(H,23,24,25). The number of hydrogen-bond donors (Lipinski definition) is 2. The molecule has 0 saturated carbocycles. The Labute approximate surface area is 161 Å². The van der Waals surface area contributed by atoms with Crippen molar-refractivity contribution in [3.8, 4) is 17.2 Å².